The van der Waals surface area contributed by atoms with Crippen molar-refractivity contribution in [1.82, 2.24) is 5.32 Å². The molecule has 1 aromatic rings. The van der Waals surface area contributed by atoms with E-state index in [-0.39, 0.29) is 6.10 Å². The number of benzene rings is 1. The first-order chi connectivity index (χ1) is 10.0. The van der Waals surface area contributed by atoms with E-state index in [1.165, 1.54) is 12.8 Å². The monoisotopic (exact) mass is 311 g/mol. The van der Waals surface area contributed by atoms with Crippen molar-refractivity contribution in [3.8, 4) is 5.75 Å². The average Bonchev–Trinajstić information content (AvgIpc) is 3.22. The Kier molecular flexibility index (Phi) is 5.91. The van der Waals surface area contributed by atoms with Gasteiger partial charge in [0.25, 0.3) is 0 Å². The van der Waals surface area contributed by atoms with E-state index >= 15 is 0 Å². The topological polar surface area (TPSA) is 30.5 Å². The van der Waals surface area contributed by atoms with Crippen molar-refractivity contribution < 1.29 is 9.47 Å². The van der Waals surface area contributed by atoms with Gasteiger partial charge in [0, 0.05) is 24.7 Å². The van der Waals surface area contributed by atoms with Gasteiger partial charge in [-0.25, -0.2) is 0 Å². The fourth-order valence-corrected chi connectivity index (χ4v) is 2.76. The highest BCUT2D eigenvalue weighted by Crippen LogP contribution is 2.32. The van der Waals surface area contributed by atoms with Crippen LogP contribution in [0.5, 0.6) is 5.75 Å². The maximum atomic E-state index is 6.31. The third-order valence-corrected chi connectivity index (χ3v) is 4.10. The second kappa shape index (κ2) is 7.48. The molecular weight excluding hydrogens is 286 g/mol. The zero-order chi connectivity index (χ0) is 15.4. The molecule has 0 bridgehead atoms. The van der Waals surface area contributed by atoms with Crippen LogP contribution in [0.3, 0.4) is 0 Å². The summed E-state index contributed by atoms with van der Waals surface area (Å²) in [4.78, 5) is 0. The molecule has 118 valence electrons. The Bertz CT molecular complexity index is 472. The van der Waals surface area contributed by atoms with Crippen LogP contribution in [0.2, 0.25) is 5.02 Å². The van der Waals surface area contributed by atoms with Crippen molar-refractivity contribution in [2.45, 2.75) is 51.7 Å². The molecule has 0 heterocycles. The Morgan fingerprint density at radius 1 is 1.33 bits per heavy atom. The molecule has 0 spiro atoms. The van der Waals surface area contributed by atoms with E-state index in [0.717, 1.165) is 28.4 Å². The minimum atomic E-state index is 0.0236. The highest BCUT2D eigenvalue weighted by atomic mass is 35.5. The third kappa shape index (κ3) is 4.87. The van der Waals surface area contributed by atoms with E-state index in [1.54, 1.807) is 7.11 Å². The molecule has 0 saturated heterocycles. The average molecular weight is 312 g/mol. The Morgan fingerprint density at radius 3 is 2.62 bits per heavy atom. The Morgan fingerprint density at radius 2 is 2.05 bits per heavy atom. The first kappa shape index (κ1) is 16.6. The number of hydrogen-bond donors (Lipinski definition) is 1. The lowest BCUT2D eigenvalue weighted by molar-refractivity contribution is 0.0799. The molecule has 0 aliphatic heterocycles. The molecule has 1 N–H and O–H groups in total. The molecule has 1 fully saturated rings. The van der Waals surface area contributed by atoms with Crippen LogP contribution in [0.25, 0.3) is 0 Å². The van der Waals surface area contributed by atoms with Crippen LogP contribution >= 0.6 is 11.6 Å². The number of hydrogen-bond acceptors (Lipinski definition) is 3. The summed E-state index contributed by atoms with van der Waals surface area (Å²) in [6.07, 6.45) is 2.57. The lowest BCUT2D eigenvalue weighted by Crippen LogP contribution is -2.36. The van der Waals surface area contributed by atoms with Gasteiger partial charge in [-0.2, -0.15) is 0 Å². The van der Waals surface area contributed by atoms with Crippen molar-refractivity contribution in [3.63, 3.8) is 0 Å². The van der Waals surface area contributed by atoms with Crippen LogP contribution < -0.4 is 10.1 Å². The smallest absolute Gasteiger partial charge is 0.134 e. The summed E-state index contributed by atoms with van der Waals surface area (Å²) in [5.41, 5.74) is 2.19. The van der Waals surface area contributed by atoms with Gasteiger partial charge in [0.1, 0.15) is 11.9 Å². The van der Waals surface area contributed by atoms with Crippen LogP contribution in [-0.2, 0) is 4.74 Å². The number of halogens is 1. The summed E-state index contributed by atoms with van der Waals surface area (Å²) < 4.78 is 11.4. The van der Waals surface area contributed by atoms with Gasteiger partial charge in [-0.05, 0) is 48.9 Å². The minimum absolute atomic E-state index is 0.0236. The molecule has 2 rings (SSSR count). The van der Waals surface area contributed by atoms with Gasteiger partial charge in [0.05, 0.1) is 6.61 Å². The fraction of sp³-hybridized carbons (Fsp3) is 0.647. The predicted molar refractivity (Wildman–Crippen MR) is 87.6 cm³/mol. The van der Waals surface area contributed by atoms with Gasteiger partial charge in [0.2, 0.25) is 0 Å². The number of rotatable bonds is 8. The summed E-state index contributed by atoms with van der Waals surface area (Å²) in [7, 11) is 1.71. The lowest BCUT2D eigenvalue weighted by Gasteiger charge is -2.22. The largest absolute Gasteiger partial charge is 0.486 e. The molecular formula is C17H26ClNO2. The van der Waals surface area contributed by atoms with Crippen molar-refractivity contribution in [2.24, 2.45) is 0 Å². The van der Waals surface area contributed by atoms with Gasteiger partial charge < -0.3 is 14.8 Å². The van der Waals surface area contributed by atoms with Crippen molar-refractivity contribution >= 4 is 11.6 Å². The first-order valence-electron chi connectivity index (χ1n) is 7.70. The van der Waals surface area contributed by atoms with Gasteiger partial charge in [0.15, 0.2) is 0 Å². The molecule has 1 aliphatic carbocycles. The Hall–Kier alpha value is -0.770. The number of aryl methyl sites for hydroxylation is 1. The number of ether oxygens (including phenoxy) is 2. The summed E-state index contributed by atoms with van der Waals surface area (Å²) >= 11 is 6.31. The van der Waals surface area contributed by atoms with Gasteiger partial charge >= 0.3 is 0 Å². The highest BCUT2D eigenvalue weighted by molar-refractivity contribution is 6.31. The SMILES string of the molecule is COCC(CNC1CC1)Oc1cc(C(C)C)c(Cl)cc1C. The molecule has 3 nitrogen and oxygen atoms in total. The quantitative estimate of drug-likeness (QED) is 0.789. The van der Waals surface area contributed by atoms with E-state index < -0.39 is 0 Å². The molecule has 4 heteroatoms. The van der Waals surface area contributed by atoms with Gasteiger partial charge in [-0.3, -0.25) is 0 Å². The van der Waals surface area contributed by atoms with E-state index in [2.05, 4.69) is 25.2 Å². The summed E-state index contributed by atoms with van der Waals surface area (Å²) in [6.45, 7) is 7.71. The Labute approximate surface area is 133 Å². The molecule has 0 amide bonds. The molecule has 1 aliphatic rings. The van der Waals surface area contributed by atoms with Crippen molar-refractivity contribution in [1.29, 1.82) is 0 Å². The van der Waals surface area contributed by atoms with Crippen LogP contribution in [0, 0.1) is 6.92 Å². The summed E-state index contributed by atoms with van der Waals surface area (Å²) in [5.74, 6) is 1.29. The molecule has 1 unspecified atom stereocenters. The second-order valence-electron chi connectivity index (χ2n) is 6.17. The lowest BCUT2D eigenvalue weighted by atomic mass is 10.0. The summed E-state index contributed by atoms with van der Waals surface area (Å²) in [6, 6.07) is 4.73. The standard InChI is InChI=1S/C17H26ClNO2/c1-11(2)15-8-17(12(3)7-16(15)18)21-14(10-20-4)9-19-13-5-6-13/h7-8,11,13-14,19H,5-6,9-10H2,1-4H3. The first-order valence-corrected chi connectivity index (χ1v) is 8.08. The predicted octanol–water partition coefficient (Wildman–Crippen LogP) is 3.92. The van der Waals surface area contributed by atoms with Crippen LogP contribution in [0.4, 0.5) is 0 Å². The molecule has 0 aromatic heterocycles. The number of methoxy groups -OCH3 is 1. The van der Waals surface area contributed by atoms with Crippen molar-refractivity contribution in [3.05, 3.63) is 28.3 Å². The van der Waals surface area contributed by atoms with Crippen molar-refractivity contribution in [2.75, 3.05) is 20.3 Å². The van der Waals surface area contributed by atoms with E-state index in [1.807, 2.05) is 13.0 Å². The van der Waals surface area contributed by atoms with Crippen LogP contribution in [0.1, 0.15) is 43.7 Å². The Balaban J connectivity index is 2.08. The van der Waals surface area contributed by atoms with Gasteiger partial charge in [-0.1, -0.05) is 25.4 Å². The van der Waals surface area contributed by atoms with E-state index in [0.29, 0.717) is 18.6 Å². The fourth-order valence-electron chi connectivity index (χ4n) is 2.32. The highest BCUT2D eigenvalue weighted by Gasteiger charge is 2.23. The second-order valence-corrected chi connectivity index (χ2v) is 6.58. The molecule has 21 heavy (non-hydrogen) atoms. The van der Waals surface area contributed by atoms with E-state index in [9.17, 15) is 0 Å². The maximum absolute atomic E-state index is 6.31. The zero-order valence-corrected chi connectivity index (χ0v) is 14.2. The zero-order valence-electron chi connectivity index (χ0n) is 13.4. The molecule has 1 saturated carbocycles. The molecule has 1 atom stereocenters. The molecule has 0 radical (unpaired) electrons. The van der Waals surface area contributed by atoms with Crippen LogP contribution in [-0.4, -0.2) is 32.4 Å². The summed E-state index contributed by atoms with van der Waals surface area (Å²) in [5, 5.41) is 4.31. The van der Waals surface area contributed by atoms with Gasteiger partial charge in [-0.15, -0.1) is 0 Å². The van der Waals surface area contributed by atoms with E-state index in [4.69, 9.17) is 21.1 Å². The number of nitrogens with one attached hydrogen (secondary N) is 1. The van der Waals surface area contributed by atoms with Crippen LogP contribution in [0.15, 0.2) is 12.1 Å². The normalized spacial score (nSPS) is 16.3. The minimum Gasteiger partial charge on any atom is -0.486 e. The third-order valence-electron chi connectivity index (χ3n) is 3.77. The molecule has 1 aromatic carbocycles. The maximum Gasteiger partial charge on any atom is 0.134 e.